The third-order valence-corrected chi connectivity index (χ3v) is 3.99. The summed E-state index contributed by atoms with van der Waals surface area (Å²) in [6, 6.07) is 0.130. The Morgan fingerprint density at radius 3 is 2.41 bits per heavy atom. The van der Waals surface area contributed by atoms with Crippen LogP contribution in [0.5, 0.6) is 0 Å². The van der Waals surface area contributed by atoms with E-state index in [4.69, 9.17) is 5.73 Å². The molecule has 0 aliphatic heterocycles. The van der Waals surface area contributed by atoms with E-state index in [1.807, 2.05) is 14.0 Å². The minimum absolute atomic E-state index is 0.130. The SMILES string of the molecule is CCN(CC)CCSCC(=O)N(C)C(C)CN. The maximum Gasteiger partial charge on any atom is 0.232 e. The Kier molecular flexibility index (Phi) is 9.59. The van der Waals surface area contributed by atoms with E-state index >= 15 is 0 Å². The van der Waals surface area contributed by atoms with Crippen LogP contribution in [-0.2, 0) is 4.79 Å². The topological polar surface area (TPSA) is 49.6 Å². The molecule has 2 N–H and O–H groups in total. The number of hydrogen-bond donors (Lipinski definition) is 1. The lowest BCUT2D eigenvalue weighted by Gasteiger charge is -2.23. The highest BCUT2D eigenvalue weighted by atomic mass is 32.2. The number of hydrogen-bond acceptors (Lipinski definition) is 4. The summed E-state index contributed by atoms with van der Waals surface area (Å²) in [4.78, 5) is 15.9. The number of thioether (sulfide) groups is 1. The Hall–Kier alpha value is -0.260. The summed E-state index contributed by atoms with van der Waals surface area (Å²) in [7, 11) is 1.82. The van der Waals surface area contributed by atoms with Gasteiger partial charge in [-0.15, -0.1) is 0 Å². The lowest BCUT2D eigenvalue weighted by atomic mass is 10.3. The van der Waals surface area contributed by atoms with Gasteiger partial charge in [0.15, 0.2) is 0 Å². The number of rotatable bonds is 9. The van der Waals surface area contributed by atoms with Crippen molar-refractivity contribution in [3.8, 4) is 0 Å². The van der Waals surface area contributed by atoms with E-state index in [9.17, 15) is 4.79 Å². The van der Waals surface area contributed by atoms with E-state index in [0.29, 0.717) is 12.3 Å². The Bertz CT molecular complexity index is 210. The van der Waals surface area contributed by atoms with Crippen LogP contribution in [-0.4, -0.2) is 66.5 Å². The fraction of sp³-hybridized carbons (Fsp3) is 0.917. The normalized spacial score (nSPS) is 12.8. The summed E-state index contributed by atoms with van der Waals surface area (Å²) in [6.07, 6.45) is 0. The molecular formula is C12H27N3OS. The fourth-order valence-electron chi connectivity index (χ4n) is 1.40. The van der Waals surface area contributed by atoms with Crippen molar-refractivity contribution in [2.24, 2.45) is 5.73 Å². The van der Waals surface area contributed by atoms with E-state index in [1.165, 1.54) is 0 Å². The van der Waals surface area contributed by atoms with Gasteiger partial charge in [-0.25, -0.2) is 0 Å². The average molecular weight is 261 g/mol. The first-order valence-corrected chi connectivity index (χ1v) is 7.48. The highest BCUT2D eigenvalue weighted by Crippen LogP contribution is 2.05. The Morgan fingerprint density at radius 2 is 1.94 bits per heavy atom. The molecule has 1 atom stereocenters. The molecule has 0 rings (SSSR count). The van der Waals surface area contributed by atoms with Crippen molar-refractivity contribution in [1.82, 2.24) is 9.80 Å². The van der Waals surface area contributed by atoms with Gasteiger partial charge in [-0.2, -0.15) is 11.8 Å². The average Bonchev–Trinajstić information content (AvgIpc) is 2.36. The zero-order valence-electron chi connectivity index (χ0n) is 11.6. The molecule has 0 aromatic rings. The lowest BCUT2D eigenvalue weighted by Crippen LogP contribution is -2.40. The monoisotopic (exact) mass is 261 g/mol. The number of likely N-dealkylation sites (N-methyl/N-ethyl adjacent to an activating group) is 1. The predicted octanol–water partition coefficient (Wildman–Crippen LogP) is 0.867. The predicted molar refractivity (Wildman–Crippen MR) is 76.4 cm³/mol. The quantitative estimate of drug-likeness (QED) is 0.626. The van der Waals surface area contributed by atoms with Gasteiger partial charge in [0.05, 0.1) is 5.75 Å². The molecule has 0 aromatic carbocycles. The number of nitrogens with two attached hydrogens (primary N) is 1. The molecule has 0 fully saturated rings. The second kappa shape index (κ2) is 9.74. The molecule has 0 bridgehead atoms. The molecular weight excluding hydrogens is 234 g/mol. The van der Waals surface area contributed by atoms with E-state index in [0.717, 1.165) is 25.4 Å². The molecule has 0 heterocycles. The molecule has 4 nitrogen and oxygen atoms in total. The summed E-state index contributed by atoms with van der Waals surface area (Å²) in [5, 5.41) is 0. The van der Waals surface area contributed by atoms with E-state index in [-0.39, 0.29) is 11.9 Å². The molecule has 102 valence electrons. The van der Waals surface area contributed by atoms with Crippen molar-refractivity contribution >= 4 is 17.7 Å². The van der Waals surface area contributed by atoms with Gasteiger partial charge in [0, 0.05) is 31.9 Å². The van der Waals surface area contributed by atoms with Gasteiger partial charge in [0.1, 0.15) is 0 Å². The maximum absolute atomic E-state index is 11.8. The van der Waals surface area contributed by atoms with Crippen LogP contribution in [0.2, 0.25) is 0 Å². The first-order chi connectivity index (χ1) is 8.06. The first-order valence-electron chi connectivity index (χ1n) is 6.32. The van der Waals surface area contributed by atoms with Gasteiger partial charge in [0.2, 0.25) is 5.91 Å². The van der Waals surface area contributed by atoms with Crippen LogP contribution in [0.25, 0.3) is 0 Å². The van der Waals surface area contributed by atoms with Gasteiger partial charge in [-0.1, -0.05) is 13.8 Å². The Labute approximate surface area is 110 Å². The van der Waals surface area contributed by atoms with Crippen LogP contribution in [0.1, 0.15) is 20.8 Å². The van der Waals surface area contributed by atoms with E-state index < -0.39 is 0 Å². The first kappa shape index (κ1) is 16.7. The van der Waals surface area contributed by atoms with Crippen molar-refractivity contribution in [3.63, 3.8) is 0 Å². The molecule has 0 radical (unpaired) electrons. The van der Waals surface area contributed by atoms with Crippen LogP contribution in [0.15, 0.2) is 0 Å². The highest BCUT2D eigenvalue weighted by Gasteiger charge is 2.13. The standard InChI is InChI=1S/C12H27N3OS/c1-5-15(6-2)7-8-17-10-12(16)14(4)11(3)9-13/h11H,5-10,13H2,1-4H3. The Balaban J connectivity index is 3.71. The zero-order chi connectivity index (χ0) is 13.3. The molecule has 0 aromatic heterocycles. The van der Waals surface area contributed by atoms with Gasteiger partial charge >= 0.3 is 0 Å². The highest BCUT2D eigenvalue weighted by molar-refractivity contribution is 7.99. The van der Waals surface area contributed by atoms with Crippen molar-refractivity contribution < 1.29 is 4.79 Å². The smallest absolute Gasteiger partial charge is 0.232 e. The summed E-state index contributed by atoms with van der Waals surface area (Å²) in [6.45, 7) is 10.0. The molecule has 5 heteroatoms. The maximum atomic E-state index is 11.8. The molecule has 0 aliphatic carbocycles. The molecule has 0 spiro atoms. The van der Waals surface area contributed by atoms with E-state index in [2.05, 4.69) is 18.7 Å². The third-order valence-electron chi connectivity index (χ3n) is 3.07. The minimum atomic E-state index is 0.130. The summed E-state index contributed by atoms with van der Waals surface area (Å²) < 4.78 is 0. The molecule has 0 aliphatic rings. The molecule has 1 amide bonds. The summed E-state index contributed by atoms with van der Waals surface area (Å²) in [5.41, 5.74) is 5.53. The second-order valence-corrected chi connectivity index (χ2v) is 5.27. The van der Waals surface area contributed by atoms with Crippen molar-refractivity contribution in [2.45, 2.75) is 26.8 Å². The zero-order valence-corrected chi connectivity index (χ0v) is 12.4. The van der Waals surface area contributed by atoms with Crippen molar-refractivity contribution in [2.75, 3.05) is 44.7 Å². The fourth-order valence-corrected chi connectivity index (χ4v) is 2.31. The summed E-state index contributed by atoms with van der Waals surface area (Å²) in [5.74, 6) is 1.74. The number of carbonyl (C=O) groups excluding carboxylic acids is 1. The lowest BCUT2D eigenvalue weighted by molar-refractivity contribution is -0.128. The number of nitrogens with zero attached hydrogens (tertiary/aromatic N) is 2. The molecule has 1 unspecified atom stereocenters. The van der Waals surface area contributed by atoms with Crippen LogP contribution in [0.4, 0.5) is 0 Å². The molecule has 0 saturated carbocycles. The second-order valence-electron chi connectivity index (χ2n) is 4.17. The molecule has 0 saturated heterocycles. The Morgan fingerprint density at radius 1 is 1.35 bits per heavy atom. The van der Waals surface area contributed by atoms with Gasteiger partial charge in [0.25, 0.3) is 0 Å². The molecule has 17 heavy (non-hydrogen) atoms. The van der Waals surface area contributed by atoms with Crippen LogP contribution < -0.4 is 5.73 Å². The van der Waals surface area contributed by atoms with Crippen molar-refractivity contribution in [1.29, 1.82) is 0 Å². The summed E-state index contributed by atoms with van der Waals surface area (Å²) >= 11 is 1.70. The van der Waals surface area contributed by atoms with Gasteiger partial charge in [-0.05, 0) is 20.0 Å². The van der Waals surface area contributed by atoms with Crippen LogP contribution in [0, 0.1) is 0 Å². The van der Waals surface area contributed by atoms with Gasteiger partial charge in [-0.3, -0.25) is 4.79 Å². The number of amides is 1. The van der Waals surface area contributed by atoms with Gasteiger partial charge < -0.3 is 15.5 Å². The largest absolute Gasteiger partial charge is 0.341 e. The van der Waals surface area contributed by atoms with Crippen LogP contribution in [0.3, 0.4) is 0 Å². The minimum Gasteiger partial charge on any atom is -0.341 e. The third kappa shape index (κ3) is 6.91. The van der Waals surface area contributed by atoms with Crippen LogP contribution >= 0.6 is 11.8 Å². The number of carbonyl (C=O) groups is 1. The van der Waals surface area contributed by atoms with E-state index in [1.54, 1.807) is 16.7 Å². The van der Waals surface area contributed by atoms with Crippen molar-refractivity contribution in [3.05, 3.63) is 0 Å².